The number of nitrogens with one attached hydrogen (secondary N) is 1. The fourth-order valence-electron chi connectivity index (χ4n) is 3.35. The normalized spacial score (nSPS) is 19.0. The predicted octanol–water partition coefficient (Wildman–Crippen LogP) is 5.02. The Morgan fingerprint density at radius 2 is 1.82 bits per heavy atom. The van der Waals surface area contributed by atoms with Crippen molar-refractivity contribution in [2.24, 2.45) is 10.4 Å². The van der Waals surface area contributed by atoms with Gasteiger partial charge in [0.1, 0.15) is 12.0 Å². The van der Waals surface area contributed by atoms with Crippen LogP contribution >= 0.6 is 0 Å². The summed E-state index contributed by atoms with van der Waals surface area (Å²) < 4.78 is 0. The summed E-state index contributed by atoms with van der Waals surface area (Å²) in [6.07, 6.45) is 0.138. The summed E-state index contributed by atoms with van der Waals surface area (Å²) in [5.74, 6) is 1.12. The Labute approximate surface area is 131 Å². The number of nitrogens with zero attached hydrogens (tertiary/aromatic N) is 2. The number of anilines is 2. The smallest absolute Gasteiger partial charge is 0.133 e. The highest BCUT2D eigenvalue weighted by molar-refractivity contribution is 6.09. The molecule has 0 amide bonds. The van der Waals surface area contributed by atoms with Gasteiger partial charge < -0.3 is 10.2 Å². The third-order valence-corrected chi connectivity index (χ3v) is 4.39. The van der Waals surface area contributed by atoms with Crippen molar-refractivity contribution in [1.29, 1.82) is 0 Å². The first-order chi connectivity index (χ1) is 10.5. The molecule has 2 aromatic rings. The summed E-state index contributed by atoms with van der Waals surface area (Å²) in [5.41, 5.74) is 5.99. The Morgan fingerprint density at radius 1 is 1.05 bits per heavy atom. The van der Waals surface area contributed by atoms with Crippen LogP contribution < -0.4 is 10.2 Å². The minimum atomic E-state index is -0.0165. The Morgan fingerprint density at radius 3 is 2.59 bits per heavy atom. The van der Waals surface area contributed by atoms with Gasteiger partial charge in [0.2, 0.25) is 0 Å². The van der Waals surface area contributed by atoms with Crippen LogP contribution in [0, 0.1) is 12.3 Å². The monoisotopic (exact) mass is 291 g/mol. The molecule has 2 aliphatic rings. The molecule has 0 bridgehead atoms. The van der Waals surface area contributed by atoms with Crippen LogP contribution in [0.4, 0.5) is 17.1 Å². The van der Waals surface area contributed by atoms with Gasteiger partial charge in [0.25, 0.3) is 0 Å². The molecule has 0 radical (unpaired) electrons. The zero-order valence-corrected chi connectivity index (χ0v) is 13.5. The van der Waals surface area contributed by atoms with Gasteiger partial charge in [-0.1, -0.05) is 51.1 Å². The second kappa shape index (κ2) is 4.35. The number of benzene rings is 2. The van der Waals surface area contributed by atoms with E-state index in [9.17, 15) is 0 Å². The van der Waals surface area contributed by atoms with Crippen LogP contribution in [0.25, 0.3) is 0 Å². The summed E-state index contributed by atoms with van der Waals surface area (Å²) in [7, 11) is 0. The van der Waals surface area contributed by atoms with E-state index in [4.69, 9.17) is 4.99 Å². The van der Waals surface area contributed by atoms with Crippen molar-refractivity contribution in [2.45, 2.75) is 33.9 Å². The van der Waals surface area contributed by atoms with Gasteiger partial charge in [-0.3, -0.25) is 0 Å². The van der Waals surface area contributed by atoms with Crippen molar-refractivity contribution in [3.8, 4) is 0 Å². The predicted molar refractivity (Wildman–Crippen MR) is 93.0 cm³/mol. The lowest BCUT2D eigenvalue weighted by atomic mass is 9.90. The SMILES string of the molecule is Cc1cccc2c1N=C(C(C)(C)C)N1c3ccccc3NC21. The third kappa shape index (κ3) is 1.78. The first-order valence-electron chi connectivity index (χ1n) is 7.80. The van der Waals surface area contributed by atoms with Gasteiger partial charge in [-0.15, -0.1) is 0 Å². The molecule has 2 aliphatic heterocycles. The summed E-state index contributed by atoms with van der Waals surface area (Å²) in [6, 6.07) is 14.9. The van der Waals surface area contributed by atoms with E-state index in [0.717, 1.165) is 11.5 Å². The molecule has 4 rings (SSSR count). The summed E-state index contributed by atoms with van der Waals surface area (Å²) in [4.78, 5) is 7.42. The molecule has 2 aromatic carbocycles. The van der Waals surface area contributed by atoms with E-state index in [1.165, 1.54) is 22.5 Å². The highest BCUT2D eigenvalue weighted by Gasteiger charge is 2.41. The van der Waals surface area contributed by atoms with Crippen LogP contribution in [-0.2, 0) is 0 Å². The highest BCUT2D eigenvalue weighted by atomic mass is 15.4. The van der Waals surface area contributed by atoms with E-state index < -0.39 is 0 Å². The third-order valence-electron chi connectivity index (χ3n) is 4.39. The number of amidine groups is 1. The largest absolute Gasteiger partial charge is 0.359 e. The van der Waals surface area contributed by atoms with Crippen LogP contribution in [0.15, 0.2) is 47.5 Å². The molecule has 112 valence electrons. The van der Waals surface area contributed by atoms with E-state index in [2.05, 4.69) is 80.4 Å². The highest BCUT2D eigenvalue weighted by Crippen LogP contribution is 2.49. The van der Waals surface area contributed by atoms with Crippen molar-refractivity contribution in [2.75, 3.05) is 10.2 Å². The zero-order chi connectivity index (χ0) is 15.5. The second-order valence-corrected chi connectivity index (χ2v) is 7.13. The standard InChI is InChI=1S/C19H21N3/c1-12-8-7-9-13-16(12)21-18(19(2,3)4)22-15-11-6-5-10-14(15)20-17(13)22/h5-11,17,20H,1-4H3. The van der Waals surface area contributed by atoms with Gasteiger partial charge in [0.15, 0.2) is 0 Å². The molecular weight excluding hydrogens is 270 g/mol. The number of aliphatic imine (C=N–C) groups is 1. The number of fused-ring (bicyclic) bond motifs is 5. The molecule has 0 aromatic heterocycles. The average molecular weight is 291 g/mol. The topological polar surface area (TPSA) is 27.6 Å². The van der Waals surface area contributed by atoms with E-state index in [0.29, 0.717) is 0 Å². The molecule has 0 aliphatic carbocycles. The van der Waals surface area contributed by atoms with Crippen molar-refractivity contribution < 1.29 is 0 Å². The van der Waals surface area contributed by atoms with Gasteiger partial charge in [0.05, 0.1) is 17.1 Å². The van der Waals surface area contributed by atoms with Gasteiger partial charge in [0, 0.05) is 11.0 Å². The van der Waals surface area contributed by atoms with E-state index >= 15 is 0 Å². The molecule has 0 saturated carbocycles. The second-order valence-electron chi connectivity index (χ2n) is 7.13. The maximum atomic E-state index is 5.06. The number of rotatable bonds is 0. The van der Waals surface area contributed by atoms with E-state index in [1.54, 1.807) is 0 Å². The van der Waals surface area contributed by atoms with Crippen molar-refractivity contribution in [1.82, 2.24) is 0 Å². The lowest BCUT2D eigenvalue weighted by Crippen LogP contribution is -2.43. The molecule has 3 heteroatoms. The van der Waals surface area contributed by atoms with Crippen LogP contribution in [0.1, 0.15) is 38.1 Å². The van der Waals surface area contributed by atoms with E-state index in [1.807, 2.05) is 0 Å². The Bertz CT molecular complexity index is 784. The molecule has 2 heterocycles. The Hall–Kier alpha value is -2.29. The van der Waals surface area contributed by atoms with Crippen LogP contribution in [0.5, 0.6) is 0 Å². The summed E-state index contributed by atoms with van der Waals surface area (Å²) in [6.45, 7) is 8.83. The molecule has 3 nitrogen and oxygen atoms in total. The maximum absolute atomic E-state index is 5.06. The van der Waals surface area contributed by atoms with Crippen molar-refractivity contribution in [3.05, 3.63) is 53.6 Å². The van der Waals surface area contributed by atoms with Gasteiger partial charge >= 0.3 is 0 Å². The quantitative estimate of drug-likeness (QED) is 0.738. The minimum Gasteiger partial charge on any atom is -0.359 e. The van der Waals surface area contributed by atoms with Crippen LogP contribution in [0.3, 0.4) is 0 Å². The minimum absolute atomic E-state index is 0.0165. The number of hydrogen-bond donors (Lipinski definition) is 1. The molecule has 0 saturated heterocycles. The van der Waals surface area contributed by atoms with Gasteiger partial charge in [-0.25, -0.2) is 4.99 Å². The fourth-order valence-corrected chi connectivity index (χ4v) is 3.35. The molecule has 1 atom stereocenters. The number of para-hydroxylation sites is 3. The molecular formula is C19H21N3. The van der Waals surface area contributed by atoms with E-state index in [-0.39, 0.29) is 11.6 Å². The van der Waals surface area contributed by atoms with Gasteiger partial charge in [-0.05, 0) is 24.6 Å². The number of hydrogen-bond acceptors (Lipinski definition) is 3. The average Bonchev–Trinajstić information content (AvgIpc) is 2.85. The molecule has 1 N–H and O–H groups in total. The molecule has 0 fully saturated rings. The van der Waals surface area contributed by atoms with Crippen molar-refractivity contribution >= 4 is 22.9 Å². The Balaban J connectivity index is 1.99. The van der Waals surface area contributed by atoms with Crippen LogP contribution in [-0.4, -0.2) is 5.84 Å². The molecule has 1 unspecified atom stereocenters. The summed E-state index contributed by atoms with van der Waals surface area (Å²) in [5, 5.41) is 3.67. The van der Waals surface area contributed by atoms with Crippen LogP contribution in [0.2, 0.25) is 0 Å². The summed E-state index contributed by atoms with van der Waals surface area (Å²) >= 11 is 0. The molecule has 22 heavy (non-hydrogen) atoms. The fraction of sp³-hybridized carbons (Fsp3) is 0.316. The number of aryl methyl sites for hydroxylation is 1. The Kier molecular flexibility index (Phi) is 2.65. The first kappa shape index (κ1) is 13.4. The zero-order valence-electron chi connectivity index (χ0n) is 13.5. The lowest BCUT2D eigenvalue weighted by molar-refractivity contribution is 0.566. The first-order valence-corrected chi connectivity index (χ1v) is 7.80. The van der Waals surface area contributed by atoms with Gasteiger partial charge in [-0.2, -0.15) is 0 Å². The maximum Gasteiger partial charge on any atom is 0.133 e. The van der Waals surface area contributed by atoms with Crippen molar-refractivity contribution in [3.63, 3.8) is 0 Å². The molecule has 0 spiro atoms. The lowest BCUT2D eigenvalue weighted by Gasteiger charge is -2.38.